The summed E-state index contributed by atoms with van der Waals surface area (Å²) in [7, 11) is 1.95. The molecule has 0 spiro atoms. The fraction of sp³-hybridized carbons (Fsp3) is 0.538. The van der Waals surface area contributed by atoms with Gasteiger partial charge in [0, 0.05) is 45.8 Å². The molecule has 2 aromatic rings. The van der Waals surface area contributed by atoms with E-state index in [0.29, 0.717) is 32.6 Å². The van der Waals surface area contributed by atoms with Crippen molar-refractivity contribution in [3.8, 4) is 0 Å². The zero-order valence-electron chi connectivity index (χ0n) is 11.0. The summed E-state index contributed by atoms with van der Waals surface area (Å²) in [5, 5.41) is 11.5. The lowest BCUT2D eigenvalue weighted by Crippen LogP contribution is -2.46. The Labute approximate surface area is 111 Å². The van der Waals surface area contributed by atoms with Crippen molar-refractivity contribution in [2.75, 3.05) is 31.7 Å². The number of H-pyrrole nitrogens is 1. The summed E-state index contributed by atoms with van der Waals surface area (Å²) < 4.78 is 5.30. The van der Waals surface area contributed by atoms with Gasteiger partial charge in [0.2, 0.25) is 0 Å². The average Bonchev–Trinajstić information content (AvgIpc) is 2.86. The van der Waals surface area contributed by atoms with Crippen LogP contribution in [0.4, 0.5) is 5.82 Å². The van der Waals surface area contributed by atoms with Crippen LogP contribution in [0.15, 0.2) is 18.6 Å². The van der Waals surface area contributed by atoms with E-state index in [4.69, 9.17) is 4.74 Å². The molecule has 0 saturated carbocycles. The minimum absolute atomic E-state index is 0.549. The second-order valence-corrected chi connectivity index (χ2v) is 5.13. The topological polar surface area (TPSA) is 74.3 Å². The van der Waals surface area contributed by atoms with Gasteiger partial charge in [0.1, 0.15) is 17.8 Å². The fourth-order valence-electron chi connectivity index (χ4n) is 2.59. The number of aliphatic hydroxyl groups is 1. The van der Waals surface area contributed by atoms with Crippen LogP contribution in [0.25, 0.3) is 11.0 Å². The Bertz CT molecular complexity index is 563. The molecule has 1 saturated heterocycles. The van der Waals surface area contributed by atoms with E-state index >= 15 is 0 Å². The number of aromatic nitrogens is 3. The first-order chi connectivity index (χ1) is 9.18. The van der Waals surface area contributed by atoms with Gasteiger partial charge in [-0.2, -0.15) is 0 Å². The maximum Gasteiger partial charge on any atom is 0.142 e. The summed E-state index contributed by atoms with van der Waals surface area (Å²) in [5.41, 5.74) is 0.122. The molecule has 6 heteroatoms. The number of likely N-dealkylation sites (N-methyl/N-ethyl adjacent to an activating group) is 1. The van der Waals surface area contributed by atoms with Crippen molar-refractivity contribution in [1.82, 2.24) is 15.0 Å². The quantitative estimate of drug-likeness (QED) is 0.861. The van der Waals surface area contributed by atoms with Gasteiger partial charge in [0.05, 0.1) is 11.0 Å². The molecule has 0 amide bonds. The molecule has 6 nitrogen and oxygen atoms in total. The lowest BCUT2D eigenvalue weighted by molar-refractivity contribution is -0.0573. The van der Waals surface area contributed by atoms with Gasteiger partial charge in [-0.15, -0.1) is 0 Å². The number of hydrogen-bond acceptors (Lipinski definition) is 5. The number of nitrogens with one attached hydrogen (secondary N) is 1. The number of ether oxygens (including phenoxy) is 1. The first kappa shape index (κ1) is 12.4. The van der Waals surface area contributed by atoms with Crippen molar-refractivity contribution < 1.29 is 9.84 Å². The highest BCUT2D eigenvalue weighted by molar-refractivity contribution is 5.87. The molecular weight excluding hydrogens is 244 g/mol. The third-order valence-electron chi connectivity index (χ3n) is 3.65. The van der Waals surface area contributed by atoms with Gasteiger partial charge in [-0.1, -0.05) is 0 Å². The van der Waals surface area contributed by atoms with Crippen molar-refractivity contribution in [3.05, 3.63) is 18.6 Å². The smallest absolute Gasteiger partial charge is 0.142 e. The van der Waals surface area contributed by atoms with Gasteiger partial charge in [0.25, 0.3) is 0 Å². The molecule has 0 bridgehead atoms. The number of rotatable bonds is 3. The number of anilines is 1. The predicted molar refractivity (Wildman–Crippen MR) is 72.2 cm³/mol. The number of fused-ring (bicyclic) bond motifs is 1. The highest BCUT2D eigenvalue weighted by Gasteiger charge is 2.31. The molecule has 2 aromatic heterocycles. The van der Waals surface area contributed by atoms with Gasteiger partial charge >= 0.3 is 0 Å². The lowest BCUT2D eigenvalue weighted by atomic mass is 9.94. The molecule has 1 aliphatic heterocycles. The van der Waals surface area contributed by atoms with Crippen molar-refractivity contribution in [2.24, 2.45) is 0 Å². The maximum atomic E-state index is 10.6. The molecule has 0 atom stereocenters. The molecule has 3 heterocycles. The molecule has 3 rings (SSSR count). The normalized spacial score (nSPS) is 18.6. The SMILES string of the molecule is CN(CC1(O)CCOCC1)c1ncnc2[nH]ccc12. The Kier molecular flexibility index (Phi) is 3.12. The van der Waals surface area contributed by atoms with Crippen LogP contribution in [0.5, 0.6) is 0 Å². The molecule has 2 N–H and O–H groups in total. The lowest BCUT2D eigenvalue weighted by Gasteiger charge is -2.35. The summed E-state index contributed by atoms with van der Waals surface area (Å²) in [6.45, 7) is 1.79. The zero-order chi connectivity index (χ0) is 13.3. The van der Waals surface area contributed by atoms with Crippen molar-refractivity contribution in [1.29, 1.82) is 0 Å². The van der Waals surface area contributed by atoms with Gasteiger partial charge in [-0.25, -0.2) is 9.97 Å². The predicted octanol–water partition coefficient (Wildman–Crippen LogP) is 0.936. The van der Waals surface area contributed by atoms with Crippen LogP contribution in [-0.2, 0) is 4.74 Å². The molecular formula is C13H18N4O2. The second-order valence-electron chi connectivity index (χ2n) is 5.13. The first-order valence-corrected chi connectivity index (χ1v) is 6.47. The second kappa shape index (κ2) is 4.79. The number of hydrogen-bond donors (Lipinski definition) is 2. The summed E-state index contributed by atoms with van der Waals surface area (Å²) in [6, 6.07) is 1.95. The van der Waals surface area contributed by atoms with Gasteiger partial charge in [-0.05, 0) is 6.07 Å². The van der Waals surface area contributed by atoms with Crippen LogP contribution in [0, 0.1) is 0 Å². The molecule has 19 heavy (non-hydrogen) atoms. The standard InChI is InChI=1S/C13H18N4O2/c1-17(8-13(18)3-6-19-7-4-13)12-10-2-5-14-11(10)15-9-16-12/h2,5,9,18H,3-4,6-8H2,1H3,(H,14,15,16). The van der Waals surface area contributed by atoms with Crippen molar-refractivity contribution >= 4 is 16.9 Å². The number of aromatic amines is 1. The molecule has 0 aliphatic carbocycles. The van der Waals surface area contributed by atoms with E-state index < -0.39 is 5.60 Å². The van der Waals surface area contributed by atoms with E-state index in [9.17, 15) is 5.11 Å². The Hall–Kier alpha value is -1.66. The van der Waals surface area contributed by atoms with Crippen molar-refractivity contribution in [3.63, 3.8) is 0 Å². The molecule has 1 aliphatic rings. The van der Waals surface area contributed by atoms with E-state index in [2.05, 4.69) is 15.0 Å². The summed E-state index contributed by atoms with van der Waals surface area (Å²) in [6.07, 6.45) is 4.72. The molecule has 1 fully saturated rings. The molecule has 102 valence electrons. The van der Waals surface area contributed by atoms with Crippen LogP contribution < -0.4 is 4.90 Å². The van der Waals surface area contributed by atoms with Gasteiger partial charge in [0.15, 0.2) is 0 Å². The first-order valence-electron chi connectivity index (χ1n) is 6.47. The average molecular weight is 262 g/mol. The minimum Gasteiger partial charge on any atom is -0.388 e. The molecule has 0 radical (unpaired) electrons. The van der Waals surface area contributed by atoms with Crippen LogP contribution in [0.1, 0.15) is 12.8 Å². The fourth-order valence-corrected chi connectivity index (χ4v) is 2.59. The van der Waals surface area contributed by atoms with E-state index in [1.54, 1.807) is 6.33 Å². The molecule has 0 unspecified atom stereocenters. The Balaban J connectivity index is 1.83. The number of nitrogens with zero attached hydrogens (tertiary/aromatic N) is 3. The summed E-state index contributed by atoms with van der Waals surface area (Å²) in [4.78, 5) is 13.6. The third kappa shape index (κ3) is 2.41. The minimum atomic E-state index is -0.694. The zero-order valence-corrected chi connectivity index (χ0v) is 11.0. The third-order valence-corrected chi connectivity index (χ3v) is 3.65. The largest absolute Gasteiger partial charge is 0.388 e. The Morgan fingerprint density at radius 2 is 2.21 bits per heavy atom. The van der Waals surface area contributed by atoms with Gasteiger partial charge in [-0.3, -0.25) is 0 Å². The summed E-state index contributed by atoms with van der Waals surface area (Å²) >= 11 is 0. The highest BCUT2D eigenvalue weighted by atomic mass is 16.5. The summed E-state index contributed by atoms with van der Waals surface area (Å²) in [5.74, 6) is 0.839. The van der Waals surface area contributed by atoms with Gasteiger partial charge < -0.3 is 19.7 Å². The van der Waals surface area contributed by atoms with Crippen molar-refractivity contribution in [2.45, 2.75) is 18.4 Å². The van der Waals surface area contributed by atoms with E-state index in [-0.39, 0.29) is 0 Å². The Morgan fingerprint density at radius 3 is 3.00 bits per heavy atom. The Morgan fingerprint density at radius 1 is 1.42 bits per heavy atom. The van der Waals surface area contributed by atoms with E-state index in [0.717, 1.165) is 16.9 Å². The molecule has 0 aromatic carbocycles. The van der Waals surface area contributed by atoms with Crippen LogP contribution in [-0.4, -0.2) is 52.5 Å². The maximum absolute atomic E-state index is 10.6. The highest BCUT2D eigenvalue weighted by Crippen LogP contribution is 2.26. The van der Waals surface area contributed by atoms with E-state index in [1.807, 2.05) is 24.2 Å². The van der Waals surface area contributed by atoms with Crippen LogP contribution in [0.3, 0.4) is 0 Å². The van der Waals surface area contributed by atoms with Crippen LogP contribution >= 0.6 is 0 Å². The van der Waals surface area contributed by atoms with Crippen LogP contribution in [0.2, 0.25) is 0 Å². The van der Waals surface area contributed by atoms with E-state index in [1.165, 1.54) is 0 Å². The monoisotopic (exact) mass is 262 g/mol.